The molecule has 1 saturated carbocycles. The normalized spacial score (nSPS) is 19.9. The van der Waals surface area contributed by atoms with Gasteiger partial charge in [0.05, 0.1) is 6.10 Å². The van der Waals surface area contributed by atoms with Crippen molar-refractivity contribution in [1.82, 2.24) is 5.32 Å². The van der Waals surface area contributed by atoms with E-state index in [4.69, 9.17) is 4.74 Å². The molecule has 1 unspecified atom stereocenters. The summed E-state index contributed by atoms with van der Waals surface area (Å²) in [6.07, 6.45) is 10.6. The molecule has 3 heteroatoms. The lowest BCUT2D eigenvalue weighted by atomic mass is 9.98. The average molecular weight is 245 g/mol. The lowest BCUT2D eigenvalue weighted by Gasteiger charge is -2.22. The van der Waals surface area contributed by atoms with E-state index in [0.29, 0.717) is 12.1 Å². The van der Waals surface area contributed by atoms with E-state index < -0.39 is 0 Å². The Bertz CT molecular complexity index is 160. The first-order valence-corrected chi connectivity index (χ1v) is 8.06. The number of rotatable bonds is 8. The van der Waals surface area contributed by atoms with Crippen LogP contribution in [0.2, 0.25) is 0 Å². The molecule has 0 spiro atoms. The van der Waals surface area contributed by atoms with Gasteiger partial charge in [0, 0.05) is 18.4 Å². The van der Waals surface area contributed by atoms with Crippen molar-refractivity contribution >= 4 is 11.8 Å². The van der Waals surface area contributed by atoms with Gasteiger partial charge in [-0.3, -0.25) is 0 Å². The highest BCUT2D eigenvalue weighted by Gasteiger charge is 2.12. The summed E-state index contributed by atoms with van der Waals surface area (Å²) in [6, 6.07) is 0.629. The summed E-state index contributed by atoms with van der Waals surface area (Å²) in [5.41, 5.74) is 0. The SMILES string of the molecule is CSCC(C)NCCCOC1CCCCC1. The summed E-state index contributed by atoms with van der Waals surface area (Å²) in [5.74, 6) is 1.20. The molecule has 0 saturated heterocycles. The molecule has 0 aromatic heterocycles. The molecule has 0 heterocycles. The van der Waals surface area contributed by atoms with Gasteiger partial charge in [-0.2, -0.15) is 11.8 Å². The van der Waals surface area contributed by atoms with Crippen LogP contribution in [0.25, 0.3) is 0 Å². The van der Waals surface area contributed by atoms with Crippen LogP contribution in [0.5, 0.6) is 0 Å². The minimum atomic E-state index is 0.567. The van der Waals surface area contributed by atoms with E-state index in [1.165, 1.54) is 37.9 Å². The second-order valence-corrected chi connectivity index (χ2v) is 5.71. The highest BCUT2D eigenvalue weighted by molar-refractivity contribution is 7.98. The van der Waals surface area contributed by atoms with Crippen molar-refractivity contribution in [1.29, 1.82) is 0 Å². The van der Waals surface area contributed by atoms with E-state index in [2.05, 4.69) is 18.5 Å². The maximum absolute atomic E-state index is 5.88. The van der Waals surface area contributed by atoms with Crippen molar-refractivity contribution in [3.05, 3.63) is 0 Å². The third kappa shape index (κ3) is 6.77. The fraction of sp³-hybridized carbons (Fsp3) is 1.00. The summed E-state index contributed by atoms with van der Waals surface area (Å²) >= 11 is 1.90. The first kappa shape index (κ1) is 14.3. The molecule has 1 aliphatic carbocycles. The number of nitrogens with one attached hydrogen (secondary N) is 1. The molecular formula is C13H27NOS. The van der Waals surface area contributed by atoms with Crippen LogP contribution in [-0.2, 0) is 4.74 Å². The van der Waals surface area contributed by atoms with Crippen LogP contribution in [0.4, 0.5) is 0 Å². The van der Waals surface area contributed by atoms with Gasteiger partial charge in [-0.1, -0.05) is 19.3 Å². The maximum Gasteiger partial charge on any atom is 0.0575 e. The highest BCUT2D eigenvalue weighted by Crippen LogP contribution is 2.20. The number of thioether (sulfide) groups is 1. The minimum absolute atomic E-state index is 0.567. The van der Waals surface area contributed by atoms with Crippen molar-refractivity contribution in [2.24, 2.45) is 0 Å². The van der Waals surface area contributed by atoms with Gasteiger partial charge in [0.15, 0.2) is 0 Å². The molecule has 0 radical (unpaired) electrons. The Balaban J connectivity index is 1.87. The van der Waals surface area contributed by atoms with Gasteiger partial charge in [-0.05, 0) is 39.0 Å². The lowest BCUT2D eigenvalue weighted by Crippen LogP contribution is -2.30. The second-order valence-electron chi connectivity index (χ2n) is 4.79. The minimum Gasteiger partial charge on any atom is -0.378 e. The standard InChI is InChI=1S/C13H27NOS/c1-12(11-16-2)14-9-6-10-15-13-7-4-3-5-8-13/h12-14H,3-11H2,1-2H3. The Morgan fingerprint density at radius 1 is 1.31 bits per heavy atom. The monoisotopic (exact) mass is 245 g/mol. The zero-order valence-electron chi connectivity index (χ0n) is 10.8. The second kappa shape index (κ2) is 9.32. The zero-order chi connectivity index (χ0) is 11.6. The molecule has 0 aliphatic heterocycles. The molecule has 0 amide bonds. The van der Waals surface area contributed by atoms with E-state index >= 15 is 0 Å². The molecule has 2 nitrogen and oxygen atoms in total. The average Bonchev–Trinajstić information content (AvgIpc) is 2.30. The molecule has 16 heavy (non-hydrogen) atoms. The lowest BCUT2D eigenvalue weighted by molar-refractivity contribution is 0.0272. The van der Waals surface area contributed by atoms with Gasteiger partial charge in [-0.15, -0.1) is 0 Å². The molecule has 96 valence electrons. The van der Waals surface area contributed by atoms with E-state index in [9.17, 15) is 0 Å². The van der Waals surface area contributed by atoms with Crippen LogP contribution >= 0.6 is 11.8 Å². The van der Waals surface area contributed by atoms with Gasteiger partial charge in [0.2, 0.25) is 0 Å². The van der Waals surface area contributed by atoms with Crippen LogP contribution in [0, 0.1) is 0 Å². The molecular weight excluding hydrogens is 218 g/mol. The fourth-order valence-electron chi connectivity index (χ4n) is 2.21. The molecule has 0 bridgehead atoms. The number of hydrogen-bond acceptors (Lipinski definition) is 3. The van der Waals surface area contributed by atoms with Crippen LogP contribution in [-0.4, -0.2) is 37.3 Å². The Hall–Kier alpha value is 0.270. The van der Waals surface area contributed by atoms with Gasteiger partial charge in [-0.25, -0.2) is 0 Å². The molecule has 0 aromatic rings. The highest BCUT2D eigenvalue weighted by atomic mass is 32.2. The Labute approximate surface area is 105 Å². The van der Waals surface area contributed by atoms with Gasteiger partial charge in [0.25, 0.3) is 0 Å². The van der Waals surface area contributed by atoms with Crippen molar-refractivity contribution < 1.29 is 4.74 Å². The van der Waals surface area contributed by atoms with Gasteiger partial charge in [0.1, 0.15) is 0 Å². The molecule has 1 atom stereocenters. The van der Waals surface area contributed by atoms with Crippen LogP contribution in [0.15, 0.2) is 0 Å². The summed E-state index contributed by atoms with van der Waals surface area (Å²) in [5, 5.41) is 3.52. The first-order chi connectivity index (χ1) is 7.83. The largest absolute Gasteiger partial charge is 0.378 e. The molecule has 0 aromatic carbocycles. The summed E-state index contributed by atoms with van der Waals surface area (Å²) < 4.78 is 5.88. The van der Waals surface area contributed by atoms with Crippen molar-refractivity contribution in [3.63, 3.8) is 0 Å². The van der Waals surface area contributed by atoms with Gasteiger partial charge >= 0.3 is 0 Å². The Morgan fingerprint density at radius 2 is 2.06 bits per heavy atom. The summed E-state index contributed by atoms with van der Waals surface area (Å²) in [6.45, 7) is 4.27. The predicted molar refractivity (Wildman–Crippen MR) is 73.3 cm³/mol. The van der Waals surface area contributed by atoms with Crippen molar-refractivity contribution in [2.45, 2.75) is 57.6 Å². The van der Waals surface area contributed by atoms with Crippen LogP contribution in [0.1, 0.15) is 45.4 Å². The van der Waals surface area contributed by atoms with Crippen molar-refractivity contribution in [3.8, 4) is 0 Å². The Kier molecular flexibility index (Phi) is 8.34. The van der Waals surface area contributed by atoms with Crippen LogP contribution in [0.3, 0.4) is 0 Å². The smallest absolute Gasteiger partial charge is 0.0575 e. The number of hydrogen-bond donors (Lipinski definition) is 1. The van der Waals surface area contributed by atoms with E-state index in [0.717, 1.165) is 19.6 Å². The summed E-state index contributed by atoms with van der Waals surface area (Å²) in [7, 11) is 0. The Morgan fingerprint density at radius 3 is 2.75 bits per heavy atom. The first-order valence-electron chi connectivity index (χ1n) is 6.67. The molecule has 1 aliphatic rings. The topological polar surface area (TPSA) is 21.3 Å². The van der Waals surface area contributed by atoms with E-state index in [1.807, 2.05) is 11.8 Å². The van der Waals surface area contributed by atoms with E-state index in [1.54, 1.807) is 0 Å². The van der Waals surface area contributed by atoms with Crippen molar-refractivity contribution in [2.75, 3.05) is 25.2 Å². The van der Waals surface area contributed by atoms with Gasteiger partial charge < -0.3 is 10.1 Å². The van der Waals surface area contributed by atoms with E-state index in [-0.39, 0.29) is 0 Å². The maximum atomic E-state index is 5.88. The summed E-state index contributed by atoms with van der Waals surface area (Å²) in [4.78, 5) is 0. The number of ether oxygens (including phenoxy) is 1. The fourth-order valence-corrected chi connectivity index (χ4v) is 2.83. The third-order valence-electron chi connectivity index (χ3n) is 3.14. The molecule has 1 N–H and O–H groups in total. The third-order valence-corrected chi connectivity index (χ3v) is 3.97. The molecule has 1 rings (SSSR count). The zero-order valence-corrected chi connectivity index (χ0v) is 11.7. The predicted octanol–water partition coefficient (Wildman–Crippen LogP) is 3.07. The molecule has 1 fully saturated rings. The van der Waals surface area contributed by atoms with Crippen LogP contribution < -0.4 is 5.32 Å². The quantitative estimate of drug-likeness (QED) is 0.664.